The van der Waals surface area contributed by atoms with Crippen LogP contribution in [-0.4, -0.2) is 67.4 Å². The Balaban J connectivity index is 2.05. The van der Waals surface area contributed by atoms with Gasteiger partial charge in [-0.15, -0.1) is 0 Å². The molecule has 0 bridgehead atoms. The van der Waals surface area contributed by atoms with Crippen molar-refractivity contribution in [2.24, 2.45) is 0 Å². The van der Waals surface area contributed by atoms with Crippen molar-refractivity contribution in [2.45, 2.75) is 51.6 Å². The molecule has 2 rings (SSSR count). The number of methoxy groups -OCH3 is 2. The van der Waals surface area contributed by atoms with Gasteiger partial charge < -0.3 is 14.2 Å². The molecule has 0 spiro atoms. The van der Waals surface area contributed by atoms with Gasteiger partial charge in [0.2, 0.25) is 0 Å². The van der Waals surface area contributed by atoms with Gasteiger partial charge in [0, 0.05) is 38.6 Å². The molecule has 3 atom stereocenters. The molecule has 0 aromatic carbocycles. The molecular formula is C16H29N3O3. The first-order valence-corrected chi connectivity index (χ1v) is 7.97. The molecular weight excluding hydrogens is 282 g/mol. The molecule has 2 heterocycles. The lowest BCUT2D eigenvalue weighted by Crippen LogP contribution is -2.56. The lowest BCUT2D eigenvalue weighted by atomic mass is 10.0. The summed E-state index contributed by atoms with van der Waals surface area (Å²) >= 11 is 0. The fourth-order valence-electron chi connectivity index (χ4n) is 3.10. The van der Waals surface area contributed by atoms with Crippen molar-refractivity contribution < 1.29 is 14.2 Å². The third-order valence-corrected chi connectivity index (χ3v) is 4.52. The fourth-order valence-corrected chi connectivity index (χ4v) is 3.10. The fraction of sp³-hybridized carbons (Fsp3) is 0.812. The van der Waals surface area contributed by atoms with Crippen LogP contribution in [0.15, 0.2) is 6.20 Å². The highest BCUT2D eigenvalue weighted by Crippen LogP contribution is 2.21. The molecule has 1 saturated heterocycles. The minimum atomic E-state index is -0.0184. The number of ether oxygens (including phenoxy) is 3. The smallest absolute Gasteiger partial charge is 0.108 e. The van der Waals surface area contributed by atoms with Crippen LogP contribution in [-0.2, 0) is 27.3 Å². The SMILES string of the molecule is CCCn1ncc(CN(C)[C@@H]2COC[C@@H](OC)[C@H]2OC)c1C. The zero-order chi connectivity index (χ0) is 16.1. The molecule has 1 fully saturated rings. The van der Waals surface area contributed by atoms with Crippen molar-refractivity contribution in [3.8, 4) is 0 Å². The van der Waals surface area contributed by atoms with Gasteiger partial charge in [-0.3, -0.25) is 9.58 Å². The van der Waals surface area contributed by atoms with E-state index in [1.165, 1.54) is 11.3 Å². The molecule has 0 aliphatic carbocycles. The number of rotatable bonds is 7. The Kier molecular flexibility index (Phi) is 6.37. The third kappa shape index (κ3) is 3.68. The number of hydrogen-bond acceptors (Lipinski definition) is 5. The van der Waals surface area contributed by atoms with Gasteiger partial charge in [-0.05, 0) is 20.4 Å². The summed E-state index contributed by atoms with van der Waals surface area (Å²) in [5.74, 6) is 0. The maximum Gasteiger partial charge on any atom is 0.108 e. The highest BCUT2D eigenvalue weighted by Gasteiger charge is 2.37. The van der Waals surface area contributed by atoms with Gasteiger partial charge in [-0.25, -0.2) is 0 Å². The molecule has 0 saturated carbocycles. The van der Waals surface area contributed by atoms with Crippen molar-refractivity contribution in [3.05, 3.63) is 17.5 Å². The highest BCUT2D eigenvalue weighted by atomic mass is 16.6. The summed E-state index contributed by atoms with van der Waals surface area (Å²) in [6.45, 7) is 7.35. The van der Waals surface area contributed by atoms with E-state index in [1.54, 1.807) is 14.2 Å². The molecule has 6 heteroatoms. The van der Waals surface area contributed by atoms with Gasteiger partial charge in [-0.2, -0.15) is 5.10 Å². The van der Waals surface area contributed by atoms with Crippen LogP contribution >= 0.6 is 0 Å². The Morgan fingerprint density at radius 2 is 2.14 bits per heavy atom. The van der Waals surface area contributed by atoms with Crippen molar-refractivity contribution in [2.75, 3.05) is 34.5 Å². The zero-order valence-electron chi connectivity index (χ0n) is 14.4. The number of nitrogens with zero attached hydrogens (tertiary/aromatic N) is 3. The molecule has 22 heavy (non-hydrogen) atoms. The second kappa shape index (κ2) is 8.06. The molecule has 1 aliphatic rings. The first-order valence-electron chi connectivity index (χ1n) is 7.97. The Morgan fingerprint density at radius 3 is 2.77 bits per heavy atom. The predicted molar refractivity (Wildman–Crippen MR) is 84.9 cm³/mol. The molecule has 1 aliphatic heterocycles. The minimum absolute atomic E-state index is 0.0184. The Labute approximate surface area is 133 Å². The largest absolute Gasteiger partial charge is 0.377 e. The van der Waals surface area contributed by atoms with Gasteiger partial charge in [0.1, 0.15) is 12.2 Å². The number of likely N-dealkylation sites (N-methyl/N-ethyl adjacent to an activating group) is 1. The normalized spacial score (nSPS) is 25.8. The first kappa shape index (κ1) is 17.4. The second-order valence-electron chi connectivity index (χ2n) is 5.97. The highest BCUT2D eigenvalue weighted by molar-refractivity contribution is 5.16. The average Bonchev–Trinajstić information content (AvgIpc) is 2.87. The predicted octanol–water partition coefficient (Wildman–Crippen LogP) is 1.46. The quantitative estimate of drug-likeness (QED) is 0.763. The van der Waals surface area contributed by atoms with Crippen LogP contribution in [0.4, 0.5) is 0 Å². The van der Waals surface area contributed by atoms with E-state index in [0.29, 0.717) is 13.2 Å². The molecule has 0 radical (unpaired) electrons. The van der Waals surface area contributed by atoms with E-state index in [-0.39, 0.29) is 18.2 Å². The topological polar surface area (TPSA) is 48.8 Å². The van der Waals surface area contributed by atoms with Crippen molar-refractivity contribution in [3.63, 3.8) is 0 Å². The van der Waals surface area contributed by atoms with E-state index < -0.39 is 0 Å². The minimum Gasteiger partial charge on any atom is -0.377 e. The monoisotopic (exact) mass is 311 g/mol. The number of aryl methyl sites for hydroxylation is 1. The molecule has 6 nitrogen and oxygen atoms in total. The Morgan fingerprint density at radius 1 is 1.36 bits per heavy atom. The molecule has 1 aromatic heterocycles. The average molecular weight is 311 g/mol. The lowest BCUT2D eigenvalue weighted by Gasteiger charge is -2.40. The maximum absolute atomic E-state index is 5.68. The van der Waals surface area contributed by atoms with Crippen LogP contribution in [0.3, 0.4) is 0 Å². The van der Waals surface area contributed by atoms with Crippen LogP contribution in [0, 0.1) is 6.92 Å². The van der Waals surface area contributed by atoms with Crippen molar-refractivity contribution in [1.29, 1.82) is 0 Å². The van der Waals surface area contributed by atoms with E-state index in [4.69, 9.17) is 14.2 Å². The summed E-state index contributed by atoms with van der Waals surface area (Å²) in [6.07, 6.45) is 3.07. The van der Waals surface area contributed by atoms with Gasteiger partial charge >= 0.3 is 0 Å². The lowest BCUT2D eigenvalue weighted by molar-refractivity contribution is -0.153. The zero-order valence-corrected chi connectivity index (χ0v) is 14.4. The summed E-state index contributed by atoms with van der Waals surface area (Å²) in [5.41, 5.74) is 2.49. The van der Waals surface area contributed by atoms with Crippen molar-refractivity contribution >= 4 is 0 Å². The molecule has 0 unspecified atom stereocenters. The van der Waals surface area contributed by atoms with E-state index in [2.05, 4.69) is 35.6 Å². The molecule has 1 aromatic rings. The summed E-state index contributed by atoms with van der Waals surface area (Å²) in [4.78, 5) is 2.28. The van der Waals surface area contributed by atoms with Crippen molar-refractivity contribution in [1.82, 2.24) is 14.7 Å². The Bertz CT molecular complexity index is 463. The van der Waals surface area contributed by atoms with Gasteiger partial charge in [0.15, 0.2) is 0 Å². The van der Waals surface area contributed by atoms with E-state index in [0.717, 1.165) is 19.5 Å². The molecule has 0 amide bonds. The number of hydrogen-bond donors (Lipinski definition) is 0. The van der Waals surface area contributed by atoms with E-state index in [9.17, 15) is 0 Å². The number of aromatic nitrogens is 2. The van der Waals surface area contributed by atoms with Crippen LogP contribution < -0.4 is 0 Å². The first-order chi connectivity index (χ1) is 10.6. The van der Waals surface area contributed by atoms with Gasteiger partial charge in [0.05, 0.1) is 25.5 Å². The maximum atomic E-state index is 5.68. The van der Waals surface area contributed by atoms with Gasteiger partial charge in [-0.1, -0.05) is 6.92 Å². The molecule has 0 N–H and O–H groups in total. The van der Waals surface area contributed by atoms with Gasteiger partial charge in [0.25, 0.3) is 0 Å². The second-order valence-corrected chi connectivity index (χ2v) is 5.97. The van der Waals surface area contributed by atoms with E-state index >= 15 is 0 Å². The van der Waals surface area contributed by atoms with Crippen LogP contribution in [0.25, 0.3) is 0 Å². The molecule has 126 valence electrons. The van der Waals surface area contributed by atoms with E-state index in [1.807, 2.05) is 6.20 Å². The third-order valence-electron chi connectivity index (χ3n) is 4.52. The summed E-state index contributed by atoms with van der Waals surface area (Å²) in [5, 5.41) is 4.48. The van der Waals surface area contributed by atoms with Crippen LogP contribution in [0.1, 0.15) is 24.6 Å². The van der Waals surface area contributed by atoms with Crippen LogP contribution in [0.5, 0.6) is 0 Å². The standard InChI is InChI=1S/C16H29N3O3/c1-6-7-19-12(2)13(8-17-19)9-18(3)14-10-22-11-15(20-4)16(14)21-5/h8,14-16H,6-7,9-11H2,1-5H3/t14-,15-,16+/m1/s1. The Hall–Kier alpha value is -0.950. The summed E-state index contributed by atoms with van der Waals surface area (Å²) in [7, 11) is 5.56. The summed E-state index contributed by atoms with van der Waals surface area (Å²) in [6, 6.07) is 0.178. The van der Waals surface area contributed by atoms with Crippen LogP contribution in [0.2, 0.25) is 0 Å². The summed E-state index contributed by atoms with van der Waals surface area (Å²) < 4.78 is 18.9.